The lowest BCUT2D eigenvalue weighted by Gasteiger charge is -2.14. The van der Waals surface area contributed by atoms with Crippen LogP contribution in [0.25, 0.3) is 0 Å². The normalized spacial score (nSPS) is 16.4. The molecule has 0 aliphatic heterocycles. The Labute approximate surface area is 151 Å². The third kappa shape index (κ3) is 3.77. The second-order valence-electron chi connectivity index (χ2n) is 6.06. The zero-order chi connectivity index (χ0) is 19.1. The summed E-state index contributed by atoms with van der Waals surface area (Å²) < 4.78 is 57.5. The number of halogens is 5. The number of ether oxygens (including phenoxy) is 1. The molecule has 0 radical (unpaired) electrons. The average Bonchev–Trinajstić information content (AvgIpc) is 2.91. The Kier molecular flexibility index (Phi) is 4.84. The molecule has 8 heteroatoms. The molecule has 2 aromatic carbocycles. The number of carboxylic acids is 1. The van der Waals surface area contributed by atoms with Gasteiger partial charge in [0.25, 0.3) is 0 Å². The summed E-state index contributed by atoms with van der Waals surface area (Å²) in [5, 5.41) is 8.48. The molecule has 2 aromatic rings. The number of carbonyl (C=O) groups is 1. The molecule has 3 nitrogen and oxygen atoms in total. The van der Waals surface area contributed by atoms with E-state index in [0.717, 1.165) is 17.5 Å². The van der Waals surface area contributed by atoms with Crippen LogP contribution in [-0.2, 0) is 17.4 Å². The minimum absolute atomic E-state index is 0.0359. The second-order valence-corrected chi connectivity index (χ2v) is 6.47. The summed E-state index contributed by atoms with van der Waals surface area (Å²) in [4.78, 5) is 11.0. The third-order valence-electron chi connectivity index (χ3n) is 4.29. The molecule has 0 amide bonds. The molecule has 1 atom stereocenters. The summed E-state index contributed by atoms with van der Waals surface area (Å²) in [6, 6.07) is 5.80. The van der Waals surface area contributed by atoms with Crippen molar-refractivity contribution in [2.24, 2.45) is 0 Å². The molecule has 1 unspecified atom stereocenters. The maximum atomic E-state index is 14.1. The van der Waals surface area contributed by atoms with Crippen molar-refractivity contribution in [2.45, 2.75) is 31.4 Å². The first-order chi connectivity index (χ1) is 12.1. The van der Waals surface area contributed by atoms with Gasteiger partial charge in [0.15, 0.2) is 11.6 Å². The highest BCUT2D eigenvalue weighted by molar-refractivity contribution is 6.32. The van der Waals surface area contributed by atoms with Crippen LogP contribution in [0.4, 0.5) is 17.6 Å². The monoisotopic (exact) mass is 388 g/mol. The van der Waals surface area contributed by atoms with E-state index < -0.39 is 34.3 Å². The van der Waals surface area contributed by atoms with Crippen LogP contribution in [0.2, 0.25) is 5.02 Å². The van der Waals surface area contributed by atoms with Gasteiger partial charge in [-0.05, 0) is 54.2 Å². The summed E-state index contributed by atoms with van der Waals surface area (Å²) >= 11 is 5.76. The van der Waals surface area contributed by atoms with Crippen molar-refractivity contribution in [3.63, 3.8) is 0 Å². The molecular weight excluding hydrogens is 376 g/mol. The van der Waals surface area contributed by atoms with Crippen molar-refractivity contribution in [3.05, 3.63) is 57.9 Å². The highest BCUT2D eigenvalue weighted by atomic mass is 35.5. The van der Waals surface area contributed by atoms with Gasteiger partial charge in [-0.3, -0.25) is 4.79 Å². The Bertz CT molecular complexity index is 841. The Balaban J connectivity index is 1.90. The van der Waals surface area contributed by atoms with Crippen LogP contribution in [-0.4, -0.2) is 11.1 Å². The molecule has 0 spiro atoms. The van der Waals surface area contributed by atoms with Gasteiger partial charge in [0.05, 0.1) is 17.0 Å². The molecule has 0 saturated heterocycles. The van der Waals surface area contributed by atoms with Crippen molar-refractivity contribution in [3.8, 4) is 11.5 Å². The van der Waals surface area contributed by atoms with E-state index in [2.05, 4.69) is 0 Å². The minimum atomic E-state index is -4.72. The van der Waals surface area contributed by atoms with E-state index in [9.17, 15) is 22.4 Å². The lowest BCUT2D eigenvalue weighted by Crippen LogP contribution is -2.06. The van der Waals surface area contributed by atoms with Gasteiger partial charge in [0.1, 0.15) is 5.75 Å². The number of fused-ring (bicyclic) bond motifs is 1. The van der Waals surface area contributed by atoms with E-state index in [1.54, 1.807) is 18.2 Å². The van der Waals surface area contributed by atoms with Crippen molar-refractivity contribution in [1.82, 2.24) is 0 Å². The lowest BCUT2D eigenvalue weighted by molar-refractivity contribution is -0.138. The second kappa shape index (κ2) is 6.79. The first kappa shape index (κ1) is 18.5. The van der Waals surface area contributed by atoms with Crippen LogP contribution in [0.5, 0.6) is 11.5 Å². The first-order valence-corrected chi connectivity index (χ1v) is 8.11. The van der Waals surface area contributed by atoms with Crippen LogP contribution in [0, 0.1) is 5.82 Å². The van der Waals surface area contributed by atoms with Crippen LogP contribution >= 0.6 is 11.6 Å². The Morgan fingerprint density at radius 3 is 2.62 bits per heavy atom. The predicted molar refractivity (Wildman–Crippen MR) is 86.2 cm³/mol. The topological polar surface area (TPSA) is 46.5 Å². The predicted octanol–water partition coefficient (Wildman–Crippen LogP) is 5.79. The van der Waals surface area contributed by atoms with Gasteiger partial charge < -0.3 is 9.84 Å². The van der Waals surface area contributed by atoms with E-state index in [1.165, 1.54) is 0 Å². The number of aliphatic carboxylic acids is 1. The van der Waals surface area contributed by atoms with Crippen molar-refractivity contribution < 1.29 is 32.2 Å². The maximum Gasteiger partial charge on any atom is 0.416 e. The number of benzene rings is 2. The van der Waals surface area contributed by atoms with Gasteiger partial charge in [0, 0.05) is 0 Å². The Morgan fingerprint density at radius 1 is 1.27 bits per heavy atom. The summed E-state index contributed by atoms with van der Waals surface area (Å²) in [6.45, 7) is 0. The summed E-state index contributed by atoms with van der Waals surface area (Å²) in [6.07, 6.45) is -3.35. The third-order valence-corrected chi connectivity index (χ3v) is 4.57. The van der Waals surface area contributed by atoms with Crippen LogP contribution in [0.15, 0.2) is 30.3 Å². The van der Waals surface area contributed by atoms with Gasteiger partial charge >= 0.3 is 12.1 Å². The standard InChI is InChI=1S/C18H13ClF4O3/c19-14-6-11(18(21,22)23)7-15(20)17(14)26-12-4-3-9-1-2-10(5-16(24)25)13(9)8-12/h3-4,6-8,10H,1-2,5H2,(H,24,25). The molecule has 0 saturated carbocycles. The van der Waals surface area contributed by atoms with Crippen LogP contribution < -0.4 is 4.74 Å². The van der Waals surface area contributed by atoms with Crippen LogP contribution in [0.1, 0.15) is 35.4 Å². The van der Waals surface area contributed by atoms with Crippen molar-refractivity contribution in [1.29, 1.82) is 0 Å². The Hall–Kier alpha value is -2.28. The zero-order valence-electron chi connectivity index (χ0n) is 13.2. The fourth-order valence-electron chi connectivity index (χ4n) is 3.09. The van der Waals surface area contributed by atoms with E-state index >= 15 is 0 Å². The molecule has 3 rings (SSSR count). The zero-order valence-corrected chi connectivity index (χ0v) is 14.0. The first-order valence-electron chi connectivity index (χ1n) is 7.74. The fourth-order valence-corrected chi connectivity index (χ4v) is 3.34. The van der Waals surface area contributed by atoms with Gasteiger partial charge in [-0.1, -0.05) is 17.7 Å². The smallest absolute Gasteiger partial charge is 0.416 e. The molecular formula is C18H13ClF4O3. The number of aryl methyl sites for hydroxylation is 1. The number of carboxylic acid groups (broad SMARTS) is 1. The van der Waals surface area contributed by atoms with E-state index in [1.807, 2.05) is 0 Å². The minimum Gasteiger partial charge on any atom is -0.481 e. The van der Waals surface area contributed by atoms with E-state index in [-0.39, 0.29) is 18.1 Å². The molecule has 0 aromatic heterocycles. The molecule has 0 heterocycles. The van der Waals surface area contributed by atoms with Gasteiger partial charge in [-0.25, -0.2) is 4.39 Å². The van der Waals surface area contributed by atoms with Crippen molar-refractivity contribution >= 4 is 17.6 Å². The largest absolute Gasteiger partial charge is 0.481 e. The molecule has 1 N–H and O–H groups in total. The van der Waals surface area contributed by atoms with E-state index in [4.69, 9.17) is 21.4 Å². The summed E-state index contributed by atoms with van der Waals surface area (Å²) in [5.74, 6) is -2.66. The van der Waals surface area contributed by atoms with Gasteiger partial charge in [-0.2, -0.15) is 13.2 Å². The molecule has 1 aliphatic rings. The maximum absolute atomic E-state index is 14.1. The van der Waals surface area contributed by atoms with Gasteiger partial charge in [0.2, 0.25) is 0 Å². The van der Waals surface area contributed by atoms with Crippen LogP contribution in [0.3, 0.4) is 0 Å². The van der Waals surface area contributed by atoms with Gasteiger partial charge in [-0.15, -0.1) is 0 Å². The number of rotatable bonds is 4. The highest BCUT2D eigenvalue weighted by Gasteiger charge is 2.33. The van der Waals surface area contributed by atoms with E-state index in [0.29, 0.717) is 18.6 Å². The average molecular weight is 389 g/mol. The molecule has 0 fully saturated rings. The number of alkyl halides is 3. The highest BCUT2D eigenvalue weighted by Crippen LogP contribution is 2.41. The Morgan fingerprint density at radius 2 is 2.00 bits per heavy atom. The fraction of sp³-hybridized carbons (Fsp3) is 0.278. The number of hydrogen-bond donors (Lipinski definition) is 1. The molecule has 26 heavy (non-hydrogen) atoms. The molecule has 138 valence electrons. The summed E-state index contributed by atoms with van der Waals surface area (Å²) in [7, 11) is 0. The number of hydrogen-bond acceptors (Lipinski definition) is 2. The molecule has 0 bridgehead atoms. The SMILES string of the molecule is O=C(O)CC1CCc2ccc(Oc3c(F)cc(C(F)(F)F)cc3Cl)cc21. The molecule has 1 aliphatic carbocycles. The lowest BCUT2D eigenvalue weighted by atomic mass is 9.98. The quantitative estimate of drug-likeness (QED) is 0.674. The van der Waals surface area contributed by atoms with Crippen molar-refractivity contribution in [2.75, 3.05) is 0 Å². The summed E-state index contributed by atoms with van der Waals surface area (Å²) in [5.41, 5.74) is 0.554.